The van der Waals surface area contributed by atoms with E-state index in [0.29, 0.717) is 23.0 Å². The molecule has 150 valence electrons. The first-order valence-corrected chi connectivity index (χ1v) is 8.90. The fraction of sp³-hybridized carbons (Fsp3) is 0.0870. The second kappa shape index (κ2) is 8.62. The van der Waals surface area contributed by atoms with Gasteiger partial charge in [-0.2, -0.15) is 18.4 Å². The van der Waals surface area contributed by atoms with Gasteiger partial charge in [0, 0.05) is 17.4 Å². The number of aryl methyl sites for hydroxylation is 1. The maximum Gasteiger partial charge on any atom is 0.417 e. The van der Waals surface area contributed by atoms with Crippen molar-refractivity contribution in [3.63, 3.8) is 0 Å². The molecule has 0 saturated heterocycles. The smallest absolute Gasteiger partial charge is 0.322 e. The molecule has 0 atom stereocenters. The number of aromatic nitrogens is 1. The molecule has 0 fully saturated rings. The summed E-state index contributed by atoms with van der Waals surface area (Å²) in [5.74, 6) is -0.277. The third-order valence-corrected chi connectivity index (χ3v) is 4.26. The number of rotatable bonds is 4. The number of alkyl halides is 3. The number of pyridine rings is 1. The first-order chi connectivity index (χ1) is 14.3. The average molecular weight is 407 g/mol. The number of nitrogens with one attached hydrogen (secondary N) is 1. The molecular formula is C23H16F3N3O. The van der Waals surface area contributed by atoms with Crippen molar-refractivity contribution in [2.45, 2.75) is 13.1 Å². The Hall–Kier alpha value is -3.92. The fourth-order valence-corrected chi connectivity index (χ4v) is 2.67. The third kappa shape index (κ3) is 5.11. The number of nitrogens with zero attached hydrogens (tertiary/aromatic N) is 2. The van der Waals surface area contributed by atoms with Crippen LogP contribution in [0.4, 0.5) is 18.9 Å². The van der Waals surface area contributed by atoms with Gasteiger partial charge in [0.2, 0.25) is 0 Å². The lowest BCUT2D eigenvalue weighted by Gasteiger charge is -2.08. The van der Waals surface area contributed by atoms with Crippen LogP contribution in [0.5, 0.6) is 0 Å². The lowest BCUT2D eigenvalue weighted by molar-refractivity contribution is -0.137. The van der Waals surface area contributed by atoms with Gasteiger partial charge < -0.3 is 5.32 Å². The van der Waals surface area contributed by atoms with Crippen molar-refractivity contribution in [2.24, 2.45) is 0 Å². The molecule has 0 aliphatic rings. The molecule has 1 N–H and O–H groups in total. The zero-order chi connectivity index (χ0) is 21.7. The summed E-state index contributed by atoms with van der Waals surface area (Å²) in [4.78, 5) is 16.1. The van der Waals surface area contributed by atoms with Crippen LogP contribution in [0.15, 0.2) is 66.9 Å². The summed E-state index contributed by atoms with van der Waals surface area (Å²) in [7, 11) is 0. The highest BCUT2D eigenvalue weighted by Crippen LogP contribution is 2.29. The number of hydrogen-bond donors (Lipinski definition) is 1. The first kappa shape index (κ1) is 20.8. The predicted octanol–water partition coefficient (Wildman–Crippen LogP) is 5.73. The van der Waals surface area contributed by atoms with E-state index in [4.69, 9.17) is 0 Å². The molecule has 3 rings (SSSR count). The summed E-state index contributed by atoms with van der Waals surface area (Å²) in [5.41, 5.74) is 2.00. The van der Waals surface area contributed by atoms with Crippen LogP contribution >= 0.6 is 0 Å². The first-order valence-electron chi connectivity index (χ1n) is 8.90. The van der Waals surface area contributed by atoms with E-state index in [-0.39, 0.29) is 17.2 Å². The van der Waals surface area contributed by atoms with Crippen LogP contribution in [-0.4, -0.2) is 10.9 Å². The van der Waals surface area contributed by atoms with Crippen molar-refractivity contribution >= 4 is 23.2 Å². The number of anilines is 1. The van der Waals surface area contributed by atoms with Crippen molar-refractivity contribution in [1.29, 1.82) is 5.26 Å². The third-order valence-electron chi connectivity index (χ3n) is 4.26. The van der Waals surface area contributed by atoms with Crippen LogP contribution in [0.25, 0.3) is 11.6 Å². The van der Waals surface area contributed by atoms with Crippen molar-refractivity contribution in [1.82, 2.24) is 4.98 Å². The number of allylic oxidation sites excluding steroid dienone is 1. The number of carbonyl (C=O) groups is 1. The quantitative estimate of drug-likeness (QED) is 0.562. The van der Waals surface area contributed by atoms with E-state index in [9.17, 15) is 23.2 Å². The van der Waals surface area contributed by atoms with E-state index in [2.05, 4.69) is 10.3 Å². The summed E-state index contributed by atoms with van der Waals surface area (Å²) in [6.07, 6.45) is -2.30. The van der Waals surface area contributed by atoms with Crippen molar-refractivity contribution in [3.8, 4) is 6.07 Å². The van der Waals surface area contributed by atoms with Gasteiger partial charge >= 0.3 is 6.18 Å². The zero-order valence-electron chi connectivity index (χ0n) is 15.9. The summed E-state index contributed by atoms with van der Waals surface area (Å²) in [6.45, 7) is 1.93. The van der Waals surface area contributed by atoms with Crippen LogP contribution in [0, 0.1) is 18.3 Å². The molecule has 0 spiro atoms. The van der Waals surface area contributed by atoms with E-state index in [0.717, 1.165) is 17.7 Å². The predicted molar refractivity (Wildman–Crippen MR) is 108 cm³/mol. The van der Waals surface area contributed by atoms with E-state index < -0.39 is 11.7 Å². The molecule has 3 aromatic rings. The van der Waals surface area contributed by atoms with Gasteiger partial charge in [0.1, 0.15) is 6.07 Å². The van der Waals surface area contributed by atoms with Crippen LogP contribution < -0.4 is 5.32 Å². The Kier molecular flexibility index (Phi) is 5.98. The van der Waals surface area contributed by atoms with E-state index in [1.54, 1.807) is 36.4 Å². The lowest BCUT2D eigenvalue weighted by atomic mass is 10.1. The van der Waals surface area contributed by atoms with Crippen LogP contribution in [0.2, 0.25) is 0 Å². The molecule has 4 nitrogen and oxygen atoms in total. The van der Waals surface area contributed by atoms with Crippen molar-refractivity contribution in [2.75, 3.05) is 5.32 Å². The molecular weight excluding hydrogens is 391 g/mol. The number of hydrogen-bond acceptors (Lipinski definition) is 3. The molecule has 0 saturated carbocycles. The second-order valence-electron chi connectivity index (χ2n) is 6.55. The number of amides is 1. The topological polar surface area (TPSA) is 65.8 Å². The molecule has 1 aromatic heterocycles. The van der Waals surface area contributed by atoms with Crippen LogP contribution in [-0.2, 0) is 6.18 Å². The SMILES string of the molecule is Cc1ccc(C(=O)Nc2cccc(/C=C(\C#N)c3ccc(C(F)(F)F)cn3)c2)cc1. The normalized spacial score (nSPS) is 11.6. The second-order valence-corrected chi connectivity index (χ2v) is 6.55. The van der Waals surface area contributed by atoms with Gasteiger partial charge in [0.05, 0.1) is 16.8 Å². The van der Waals surface area contributed by atoms with Gasteiger partial charge in [0.15, 0.2) is 0 Å². The molecule has 1 amide bonds. The van der Waals surface area contributed by atoms with E-state index in [1.807, 2.05) is 25.1 Å². The maximum absolute atomic E-state index is 12.7. The minimum atomic E-state index is -4.49. The van der Waals surface area contributed by atoms with Gasteiger partial charge in [-0.05, 0) is 55.0 Å². The van der Waals surface area contributed by atoms with Crippen LogP contribution in [0.3, 0.4) is 0 Å². The van der Waals surface area contributed by atoms with Gasteiger partial charge in [-0.25, -0.2) is 0 Å². The van der Waals surface area contributed by atoms with E-state index in [1.165, 1.54) is 6.08 Å². The molecule has 2 aromatic carbocycles. The number of halogens is 3. The zero-order valence-corrected chi connectivity index (χ0v) is 15.9. The van der Waals surface area contributed by atoms with Gasteiger partial charge in [-0.15, -0.1) is 0 Å². The lowest BCUT2D eigenvalue weighted by Crippen LogP contribution is -2.11. The molecule has 0 unspecified atom stereocenters. The maximum atomic E-state index is 12.7. The Morgan fingerprint density at radius 2 is 1.83 bits per heavy atom. The van der Waals surface area contributed by atoms with Gasteiger partial charge in [-0.3, -0.25) is 9.78 Å². The Morgan fingerprint density at radius 1 is 1.10 bits per heavy atom. The largest absolute Gasteiger partial charge is 0.417 e. The highest BCUT2D eigenvalue weighted by Gasteiger charge is 2.30. The highest BCUT2D eigenvalue weighted by atomic mass is 19.4. The summed E-state index contributed by atoms with van der Waals surface area (Å²) >= 11 is 0. The molecule has 1 heterocycles. The summed E-state index contributed by atoms with van der Waals surface area (Å²) in [5, 5.41) is 12.2. The molecule has 0 bridgehead atoms. The minimum absolute atomic E-state index is 0.103. The Balaban J connectivity index is 1.81. The average Bonchev–Trinajstić information content (AvgIpc) is 2.72. The Bertz CT molecular complexity index is 1130. The monoisotopic (exact) mass is 407 g/mol. The molecule has 7 heteroatoms. The number of nitriles is 1. The van der Waals surface area contributed by atoms with E-state index >= 15 is 0 Å². The van der Waals surface area contributed by atoms with Crippen LogP contribution in [0.1, 0.15) is 32.7 Å². The van der Waals surface area contributed by atoms with Crippen molar-refractivity contribution < 1.29 is 18.0 Å². The fourth-order valence-electron chi connectivity index (χ4n) is 2.67. The molecule has 0 radical (unpaired) electrons. The van der Waals surface area contributed by atoms with Crippen molar-refractivity contribution in [3.05, 3.63) is 94.8 Å². The summed E-state index contributed by atoms with van der Waals surface area (Å²) in [6, 6.07) is 17.9. The minimum Gasteiger partial charge on any atom is -0.322 e. The molecule has 0 aliphatic carbocycles. The summed E-state index contributed by atoms with van der Waals surface area (Å²) < 4.78 is 38.1. The molecule has 0 aliphatic heterocycles. The van der Waals surface area contributed by atoms with Gasteiger partial charge in [-0.1, -0.05) is 29.8 Å². The Labute approximate surface area is 171 Å². The number of benzene rings is 2. The number of carbonyl (C=O) groups excluding carboxylic acids is 1. The highest BCUT2D eigenvalue weighted by molar-refractivity contribution is 6.04. The van der Waals surface area contributed by atoms with Gasteiger partial charge in [0.25, 0.3) is 5.91 Å². The molecule has 30 heavy (non-hydrogen) atoms. The standard InChI is InChI=1S/C23H16F3N3O/c1-15-5-7-17(8-6-15)22(30)29-20-4-2-3-16(12-20)11-18(13-27)21-10-9-19(14-28-21)23(24,25)26/h2-12,14H,1H3,(H,29,30)/b18-11+. The Morgan fingerprint density at radius 3 is 2.43 bits per heavy atom.